The standard InChI is InChI=1S/C12H17N3O2/c1-2-3-10-6-12(17)15(8-13-10)7-11(16)14-9-4-5-9/h6,8-9H,2-5,7H2,1H3,(H,14,16). The number of nitrogens with zero attached hydrogens (tertiary/aromatic N) is 2. The van der Waals surface area contributed by atoms with Gasteiger partial charge in [-0.1, -0.05) is 13.3 Å². The molecule has 0 spiro atoms. The van der Waals surface area contributed by atoms with E-state index < -0.39 is 0 Å². The predicted octanol–water partition coefficient (Wildman–Crippen LogP) is 0.474. The molecule has 0 atom stereocenters. The van der Waals surface area contributed by atoms with Gasteiger partial charge in [0.1, 0.15) is 6.54 Å². The van der Waals surface area contributed by atoms with Crippen molar-refractivity contribution in [1.29, 1.82) is 0 Å². The molecule has 1 aliphatic carbocycles. The largest absolute Gasteiger partial charge is 0.352 e. The Kier molecular flexibility index (Phi) is 3.56. The minimum atomic E-state index is -0.158. The molecular weight excluding hydrogens is 218 g/mol. The minimum absolute atomic E-state index is 0.0642. The molecule has 0 unspecified atom stereocenters. The molecule has 5 nitrogen and oxygen atoms in total. The van der Waals surface area contributed by atoms with Crippen LogP contribution in [0.15, 0.2) is 17.2 Å². The summed E-state index contributed by atoms with van der Waals surface area (Å²) >= 11 is 0. The molecule has 2 rings (SSSR count). The third kappa shape index (κ3) is 3.41. The first kappa shape index (κ1) is 11.8. The smallest absolute Gasteiger partial charge is 0.253 e. The number of aromatic nitrogens is 2. The lowest BCUT2D eigenvalue weighted by atomic mass is 10.2. The summed E-state index contributed by atoms with van der Waals surface area (Å²) in [5.74, 6) is -0.111. The van der Waals surface area contributed by atoms with Gasteiger partial charge in [-0.2, -0.15) is 0 Å². The number of nitrogens with one attached hydrogen (secondary N) is 1. The van der Waals surface area contributed by atoms with E-state index >= 15 is 0 Å². The van der Waals surface area contributed by atoms with Crippen LogP contribution in [-0.2, 0) is 17.8 Å². The predicted molar refractivity (Wildman–Crippen MR) is 63.7 cm³/mol. The summed E-state index contributed by atoms with van der Waals surface area (Å²) in [5, 5.41) is 2.84. The molecule has 0 radical (unpaired) electrons. The second-order valence-electron chi connectivity index (χ2n) is 4.44. The van der Waals surface area contributed by atoms with E-state index in [4.69, 9.17) is 0 Å². The van der Waals surface area contributed by atoms with Crippen LogP contribution in [0.5, 0.6) is 0 Å². The van der Waals surface area contributed by atoms with E-state index in [1.807, 2.05) is 6.92 Å². The zero-order valence-corrected chi connectivity index (χ0v) is 9.98. The van der Waals surface area contributed by atoms with Gasteiger partial charge in [0.2, 0.25) is 5.91 Å². The summed E-state index contributed by atoms with van der Waals surface area (Å²) in [6.45, 7) is 2.10. The van der Waals surface area contributed by atoms with Crippen molar-refractivity contribution in [2.45, 2.75) is 45.2 Å². The van der Waals surface area contributed by atoms with Crippen molar-refractivity contribution < 1.29 is 4.79 Å². The van der Waals surface area contributed by atoms with E-state index in [0.717, 1.165) is 31.4 Å². The molecule has 0 aromatic carbocycles. The molecule has 1 heterocycles. The highest BCUT2D eigenvalue weighted by Crippen LogP contribution is 2.18. The quantitative estimate of drug-likeness (QED) is 0.807. The molecule has 1 aromatic rings. The van der Waals surface area contributed by atoms with Crippen molar-refractivity contribution in [3.05, 3.63) is 28.4 Å². The highest BCUT2D eigenvalue weighted by molar-refractivity contribution is 5.76. The van der Waals surface area contributed by atoms with Crippen molar-refractivity contribution in [1.82, 2.24) is 14.9 Å². The van der Waals surface area contributed by atoms with Crippen molar-refractivity contribution in [2.24, 2.45) is 0 Å². The van der Waals surface area contributed by atoms with Crippen molar-refractivity contribution in [3.63, 3.8) is 0 Å². The highest BCUT2D eigenvalue weighted by atomic mass is 16.2. The van der Waals surface area contributed by atoms with Gasteiger partial charge in [0, 0.05) is 17.8 Å². The average Bonchev–Trinajstić information content (AvgIpc) is 3.06. The van der Waals surface area contributed by atoms with Gasteiger partial charge in [-0.05, 0) is 19.3 Å². The zero-order valence-electron chi connectivity index (χ0n) is 9.98. The van der Waals surface area contributed by atoms with Gasteiger partial charge >= 0.3 is 0 Å². The number of hydrogen-bond donors (Lipinski definition) is 1. The molecule has 5 heteroatoms. The molecule has 1 fully saturated rings. The molecule has 17 heavy (non-hydrogen) atoms. The van der Waals surface area contributed by atoms with Crippen LogP contribution >= 0.6 is 0 Å². The number of hydrogen-bond acceptors (Lipinski definition) is 3. The minimum Gasteiger partial charge on any atom is -0.352 e. The third-order valence-corrected chi connectivity index (χ3v) is 2.70. The topological polar surface area (TPSA) is 64.0 Å². The van der Waals surface area contributed by atoms with E-state index in [9.17, 15) is 9.59 Å². The van der Waals surface area contributed by atoms with Crippen LogP contribution in [0.2, 0.25) is 0 Å². The first-order valence-electron chi connectivity index (χ1n) is 6.03. The summed E-state index contributed by atoms with van der Waals surface area (Å²) < 4.78 is 1.34. The Bertz CT molecular complexity index is 463. The molecular formula is C12H17N3O2. The molecule has 1 N–H and O–H groups in total. The number of carbonyl (C=O) groups excluding carboxylic acids is 1. The molecule has 92 valence electrons. The fraction of sp³-hybridized carbons (Fsp3) is 0.583. The molecule has 0 saturated heterocycles. The second-order valence-corrected chi connectivity index (χ2v) is 4.44. The van der Waals surface area contributed by atoms with Gasteiger partial charge in [-0.25, -0.2) is 4.98 Å². The Hall–Kier alpha value is -1.65. The molecule has 0 aliphatic heterocycles. The SMILES string of the molecule is CCCc1cc(=O)n(CC(=O)NC2CC2)cn1. The lowest BCUT2D eigenvalue weighted by molar-refractivity contribution is -0.121. The maximum absolute atomic E-state index is 11.7. The van der Waals surface area contributed by atoms with Gasteiger partial charge in [0.25, 0.3) is 5.56 Å². The van der Waals surface area contributed by atoms with Crippen LogP contribution in [0.1, 0.15) is 31.9 Å². The Morgan fingerprint density at radius 2 is 2.35 bits per heavy atom. The first-order valence-corrected chi connectivity index (χ1v) is 6.03. The third-order valence-electron chi connectivity index (χ3n) is 2.70. The van der Waals surface area contributed by atoms with Gasteiger partial charge < -0.3 is 5.32 Å². The Morgan fingerprint density at radius 1 is 1.59 bits per heavy atom. The van der Waals surface area contributed by atoms with Crippen LogP contribution in [-0.4, -0.2) is 21.5 Å². The van der Waals surface area contributed by atoms with Crippen LogP contribution in [0, 0.1) is 0 Å². The normalized spacial score (nSPS) is 14.6. The average molecular weight is 235 g/mol. The second kappa shape index (κ2) is 5.12. The van der Waals surface area contributed by atoms with Crippen LogP contribution in [0.25, 0.3) is 0 Å². The maximum atomic E-state index is 11.7. The van der Waals surface area contributed by atoms with Crippen molar-refractivity contribution >= 4 is 5.91 Å². The van der Waals surface area contributed by atoms with Gasteiger partial charge in [0.15, 0.2) is 0 Å². The van der Waals surface area contributed by atoms with E-state index in [1.165, 1.54) is 17.0 Å². The van der Waals surface area contributed by atoms with E-state index in [1.54, 1.807) is 0 Å². The molecule has 1 saturated carbocycles. The fourth-order valence-electron chi connectivity index (χ4n) is 1.63. The van der Waals surface area contributed by atoms with E-state index in [2.05, 4.69) is 10.3 Å². The number of amides is 1. The van der Waals surface area contributed by atoms with Crippen LogP contribution in [0.3, 0.4) is 0 Å². The van der Waals surface area contributed by atoms with E-state index in [-0.39, 0.29) is 18.0 Å². The summed E-state index contributed by atoms with van der Waals surface area (Å²) in [4.78, 5) is 27.4. The lowest BCUT2D eigenvalue weighted by Gasteiger charge is -2.06. The molecule has 1 aliphatic rings. The number of carbonyl (C=O) groups is 1. The van der Waals surface area contributed by atoms with Gasteiger partial charge in [0.05, 0.1) is 6.33 Å². The lowest BCUT2D eigenvalue weighted by Crippen LogP contribution is -2.33. The molecule has 1 aromatic heterocycles. The Morgan fingerprint density at radius 3 is 2.94 bits per heavy atom. The van der Waals surface area contributed by atoms with Gasteiger partial charge in [-0.15, -0.1) is 0 Å². The van der Waals surface area contributed by atoms with Crippen LogP contribution in [0.4, 0.5) is 0 Å². The summed E-state index contributed by atoms with van der Waals surface area (Å²) in [6.07, 6.45) is 5.31. The molecule has 0 bridgehead atoms. The van der Waals surface area contributed by atoms with E-state index in [0.29, 0.717) is 6.04 Å². The Labute approximate surface area is 99.9 Å². The molecule has 1 amide bonds. The van der Waals surface area contributed by atoms with Crippen molar-refractivity contribution in [3.8, 4) is 0 Å². The monoisotopic (exact) mass is 235 g/mol. The maximum Gasteiger partial charge on any atom is 0.253 e. The zero-order chi connectivity index (χ0) is 12.3. The Balaban J connectivity index is 2.00. The van der Waals surface area contributed by atoms with Crippen LogP contribution < -0.4 is 10.9 Å². The fourth-order valence-corrected chi connectivity index (χ4v) is 1.63. The summed E-state index contributed by atoms with van der Waals surface area (Å²) in [5.41, 5.74) is 0.630. The van der Waals surface area contributed by atoms with Gasteiger partial charge in [-0.3, -0.25) is 14.2 Å². The summed E-state index contributed by atoms with van der Waals surface area (Å²) in [6, 6.07) is 1.83. The summed E-state index contributed by atoms with van der Waals surface area (Å²) in [7, 11) is 0. The van der Waals surface area contributed by atoms with Crippen molar-refractivity contribution in [2.75, 3.05) is 0 Å². The number of aryl methyl sites for hydroxylation is 1. The number of rotatable bonds is 5. The highest BCUT2D eigenvalue weighted by Gasteiger charge is 2.23. The first-order chi connectivity index (χ1) is 8.19.